The van der Waals surface area contributed by atoms with Gasteiger partial charge in [-0.05, 0) is 50.5 Å². The van der Waals surface area contributed by atoms with Gasteiger partial charge in [0.15, 0.2) is 10.6 Å². The second kappa shape index (κ2) is 8.06. The fourth-order valence-corrected chi connectivity index (χ4v) is 4.50. The second-order valence-electron chi connectivity index (χ2n) is 6.96. The zero-order valence-corrected chi connectivity index (χ0v) is 18.5. The number of aromatic nitrogens is 4. The zero-order valence-electron chi connectivity index (χ0n) is 16.9. The summed E-state index contributed by atoms with van der Waals surface area (Å²) in [4.78, 5) is 6.99. The lowest BCUT2D eigenvalue weighted by Gasteiger charge is -2.22. The molecule has 0 saturated heterocycles. The highest BCUT2D eigenvalue weighted by molar-refractivity contribution is 7.71. The molecule has 4 aromatic rings. The van der Waals surface area contributed by atoms with Gasteiger partial charge >= 0.3 is 0 Å². The molecule has 1 atom stereocenters. The van der Waals surface area contributed by atoms with Crippen molar-refractivity contribution in [3.63, 3.8) is 0 Å². The first kappa shape index (κ1) is 19.8. The Kier molecular flexibility index (Phi) is 5.49. The Morgan fingerprint density at radius 2 is 1.90 bits per heavy atom. The van der Waals surface area contributed by atoms with Crippen LogP contribution in [0.2, 0.25) is 0 Å². The predicted octanol–water partition coefficient (Wildman–Crippen LogP) is 4.89. The van der Waals surface area contributed by atoms with Crippen LogP contribution in [0.5, 0.6) is 5.75 Å². The van der Waals surface area contributed by atoms with Crippen LogP contribution in [0.4, 0.5) is 0 Å². The average molecular weight is 426 g/mol. The van der Waals surface area contributed by atoms with E-state index in [2.05, 4.69) is 31.0 Å². The van der Waals surface area contributed by atoms with E-state index < -0.39 is 0 Å². The SMILES string of the molecule is COc1ccccc1-c1nn(CN(C)[C@@H](C)c2nc3ccccc3s2)c(=S)n1C. The van der Waals surface area contributed by atoms with E-state index >= 15 is 0 Å². The number of rotatable bonds is 6. The molecule has 0 N–H and O–H groups in total. The molecule has 4 rings (SSSR count). The summed E-state index contributed by atoms with van der Waals surface area (Å²) >= 11 is 7.38. The molecule has 0 fully saturated rings. The fraction of sp³-hybridized carbons (Fsp3) is 0.286. The van der Waals surface area contributed by atoms with Crippen LogP contribution in [0.25, 0.3) is 21.6 Å². The van der Waals surface area contributed by atoms with Gasteiger partial charge in [0.1, 0.15) is 10.8 Å². The van der Waals surface area contributed by atoms with Crippen LogP contribution in [0.3, 0.4) is 0 Å². The molecule has 2 aromatic heterocycles. The van der Waals surface area contributed by atoms with E-state index in [4.69, 9.17) is 27.0 Å². The minimum Gasteiger partial charge on any atom is -0.496 e. The number of ether oxygens (including phenoxy) is 1. The fourth-order valence-electron chi connectivity index (χ4n) is 3.23. The van der Waals surface area contributed by atoms with Gasteiger partial charge in [0.25, 0.3) is 0 Å². The van der Waals surface area contributed by atoms with Crippen LogP contribution >= 0.6 is 23.6 Å². The van der Waals surface area contributed by atoms with E-state index in [0.717, 1.165) is 27.7 Å². The first-order valence-corrected chi connectivity index (χ1v) is 10.5. The topological polar surface area (TPSA) is 48.1 Å². The summed E-state index contributed by atoms with van der Waals surface area (Å²) in [6.07, 6.45) is 0. The van der Waals surface area contributed by atoms with Crippen LogP contribution in [0.15, 0.2) is 48.5 Å². The van der Waals surface area contributed by atoms with Gasteiger partial charge in [0.05, 0.1) is 35.6 Å². The van der Waals surface area contributed by atoms with E-state index in [9.17, 15) is 0 Å². The molecule has 0 aliphatic rings. The Hall–Kier alpha value is -2.55. The first-order chi connectivity index (χ1) is 14.0. The van der Waals surface area contributed by atoms with Crippen LogP contribution in [-0.4, -0.2) is 38.4 Å². The summed E-state index contributed by atoms with van der Waals surface area (Å²) in [5.74, 6) is 1.56. The molecule has 2 heterocycles. The van der Waals surface area contributed by atoms with E-state index in [0.29, 0.717) is 11.4 Å². The highest BCUT2D eigenvalue weighted by atomic mass is 32.1. The maximum Gasteiger partial charge on any atom is 0.199 e. The molecule has 0 saturated carbocycles. The van der Waals surface area contributed by atoms with Gasteiger partial charge < -0.3 is 9.30 Å². The smallest absolute Gasteiger partial charge is 0.199 e. The molecule has 29 heavy (non-hydrogen) atoms. The maximum atomic E-state index is 5.65. The van der Waals surface area contributed by atoms with Gasteiger partial charge in [0.2, 0.25) is 0 Å². The molecular weight excluding hydrogens is 402 g/mol. The third-order valence-electron chi connectivity index (χ3n) is 5.07. The third kappa shape index (κ3) is 3.71. The number of hydrogen-bond donors (Lipinski definition) is 0. The monoisotopic (exact) mass is 425 g/mol. The molecule has 150 valence electrons. The molecular formula is C21H23N5OS2. The number of nitrogens with zero attached hydrogens (tertiary/aromatic N) is 5. The van der Waals surface area contributed by atoms with Gasteiger partial charge in [-0.25, -0.2) is 9.67 Å². The third-order valence-corrected chi connectivity index (χ3v) is 6.77. The zero-order chi connectivity index (χ0) is 20.5. The number of thiazole rings is 1. The molecule has 8 heteroatoms. The van der Waals surface area contributed by atoms with Gasteiger partial charge in [-0.2, -0.15) is 5.10 Å². The summed E-state index contributed by atoms with van der Waals surface area (Å²) < 4.78 is 11.1. The lowest BCUT2D eigenvalue weighted by atomic mass is 10.2. The van der Waals surface area contributed by atoms with Crippen LogP contribution < -0.4 is 4.74 Å². The van der Waals surface area contributed by atoms with Crippen molar-refractivity contribution in [2.24, 2.45) is 7.05 Å². The molecule has 0 radical (unpaired) electrons. The Labute approximate surface area is 179 Å². The average Bonchev–Trinajstić information content (AvgIpc) is 3.29. The van der Waals surface area contributed by atoms with E-state index in [1.165, 1.54) is 4.70 Å². The summed E-state index contributed by atoms with van der Waals surface area (Å²) in [6.45, 7) is 2.73. The van der Waals surface area contributed by atoms with Crippen molar-refractivity contribution in [1.29, 1.82) is 0 Å². The van der Waals surface area contributed by atoms with Gasteiger partial charge in [0, 0.05) is 7.05 Å². The van der Waals surface area contributed by atoms with Crippen LogP contribution in [0, 0.1) is 4.77 Å². The van der Waals surface area contributed by atoms with Crippen LogP contribution in [0.1, 0.15) is 18.0 Å². The van der Waals surface area contributed by atoms with Crippen molar-refractivity contribution in [3.8, 4) is 17.1 Å². The largest absolute Gasteiger partial charge is 0.496 e. The summed E-state index contributed by atoms with van der Waals surface area (Å²) in [5.41, 5.74) is 1.96. The van der Waals surface area contributed by atoms with E-state index in [1.54, 1.807) is 18.4 Å². The first-order valence-electron chi connectivity index (χ1n) is 9.32. The minimum atomic E-state index is 0.144. The van der Waals surface area contributed by atoms with Crippen LogP contribution in [-0.2, 0) is 13.7 Å². The maximum absolute atomic E-state index is 5.65. The summed E-state index contributed by atoms with van der Waals surface area (Å²) in [7, 11) is 5.67. The van der Waals surface area contributed by atoms with Crippen molar-refractivity contribution in [2.75, 3.05) is 14.2 Å². The van der Waals surface area contributed by atoms with Crippen molar-refractivity contribution in [3.05, 3.63) is 58.3 Å². The second-order valence-corrected chi connectivity index (χ2v) is 8.39. The Bertz CT molecular complexity index is 1180. The molecule has 0 bridgehead atoms. The lowest BCUT2D eigenvalue weighted by molar-refractivity contribution is 0.194. The molecule has 6 nitrogen and oxygen atoms in total. The predicted molar refractivity (Wildman–Crippen MR) is 120 cm³/mol. The number of para-hydroxylation sites is 2. The molecule has 2 aromatic carbocycles. The lowest BCUT2D eigenvalue weighted by Crippen LogP contribution is -2.26. The number of benzene rings is 2. The van der Waals surface area contributed by atoms with Gasteiger partial charge in [-0.1, -0.05) is 24.3 Å². The Balaban J connectivity index is 1.61. The number of methoxy groups -OCH3 is 1. The van der Waals surface area contributed by atoms with Crippen molar-refractivity contribution >= 4 is 33.8 Å². The number of hydrogen-bond acceptors (Lipinski definition) is 6. The minimum absolute atomic E-state index is 0.144. The van der Waals surface area contributed by atoms with Gasteiger partial charge in [-0.15, -0.1) is 11.3 Å². The molecule has 0 amide bonds. The van der Waals surface area contributed by atoms with Crippen molar-refractivity contribution in [1.82, 2.24) is 24.2 Å². The Morgan fingerprint density at radius 3 is 2.66 bits per heavy atom. The van der Waals surface area contributed by atoms with Gasteiger partial charge in [-0.3, -0.25) is 4.90 Å². The van der Waals surface area contributed by atoms with E-state index in [-0.39, 0.29) is 6.04 Å². The summed E-state index contributed by atoms with van der Waals surface area (Å²) in [5, 5.41) is 5.87. The summed E-state index contributed by atoms with van der Waals surface area (Å²) in [6, 6.07) is 16.2. The highest BCUT2D eigenvalue weighted by Gasteiger charge is 2.19. The molecule has 0 aliphatic carbocycles. The highest BCUT2D eigenvalue weighted by Crippen LogP contribution is 2.30. The number of fused-ring (bicyclic) bond motifs is 1. The molecule has 0 spiro atoms. The molecule has 0 unspecified atom stereocenters. The van der Waals surface area contributed by atoms with Crippen molar-refractivity contribution < 1.29 is 4.74 Å². The van der Waals surface area contributed by atoms with Crippen molar-refractivity contribution in [2.45, 2.75) is 19.6 Å². The van der Waals surface area contributed by atoms with E-state index in [1.807, 2.05) is 52.7 Å². The Morgan fingerprint density at radius 1 is 1.17 bits per heavy atom. The standard InChI is InChI=1S/C21H23N5OS2/c1-14(20-22-16-10-6-8-12-18(16)29-20)24(2)13-26-21(28)25(3)19(23-26)15-9-5-7-11-17(15)27-4/h5-12,14H,13H2,1-4H3/t14-/m0/s1. The quantitative estimate of drug-likeness (QED) is 0.412. The molecule has 0 aliphatic heterocycles. The normalized spacial score (nSPS) is 12.6.